The van der Waals surface area contributed by atoms with Gasteiger partial charge in [0.05, 0.1) is 0 Å². The van der Waals surface area contributed by atoms with Gasteiger partial charge in [-0.05, 0) is 37.2 Å². The van der Waals surface area contributed by atoms with Crippen LogP contribution >= 0.6 is 0 Å². The van der Waals surface area contributed by atoms with E-state index in [1.54, 1.807) is 0 Å². The number of nitrogens with two attached hydrogens (primary N) is 1. The van der Waals surface area contributed by atoms with E-state index >= 15 is 0 Å². The molecule has 1 fully saturated rings. The molecule has 116 valence electrons. The summed E-state index contributed by atoms with van der Waals surface area (Å²) in [5, 5.41) is 0. The zero-order chi connectivity index (χ0) is 15.1. The van der Waals surface area contributed by atoms with E-state index in [0.717, 1.165) is 38.1 Å². The van der Waals surface area contributed by atoms with Crippen molar-refractivity contribution in [3.63, 3.8) is 0 Å². The Labute approximate surface area is 128 Å². The Hall–Kier alpha value is -1.35. The van der Waals surface area contributed by atoms with Gasteiger partial charge < -0.3 is 10.6 Å². The van der Waals surface area contributed by atoms with Crippen LogP contribution in [0.3, 0.4) is 0 Å². The number of carbonyl (C=O) groups is 1. The van der Waals surface area contributed by atoms with Gasteiger partial charge in [0.15, 0.2) is 0 Å². The van der Waals surface area contributed by atoms with Crippen LogP contribution in [0.25, 0.3) is 0 Å². The van der Waals surface area contributed by atoms with Gasteiger partial charge in [-0.3, -0.25) is 4.79 Å². The molecular weight excluding hydrogens is 260 g/mol. The molecule has 0 radical (unpaired) electrons. The van der Waals surface area contributed by atoms with Gasteiger partial charge in [0.2, 0.25) is 5.91 Å². The number of likely N-dealkylation sites (tertiary alicyclic amines) is 1. The maximum absolute atomic E-state index is 12.4. The summed E-state index contributed by atoms with van der Waals surface area (Å²) in [5.74, 6) is 1.03. The molecule has 2 atom stereocenters. The maximum Gasteiger partial charge on any atom is 0.222 e. The second kappa shape index (κ2) is 8.18. The van der Waals surface area contributed by atoms with E-state index in [9.17, 15) is 4.79 Å². The third-order valence-electron chi connectivity index (χ3n) is 4.69. The molecule has 2 N–H and O–H groups in total. The minimum atomic E-state index is 0.257. The summed E-state index contributed by atoms with van der Waals surface area (Å²) in [7, 11) is 0. The van der Waals surface area contributed by atoms with Crippen LogP contribution in [0, 0.1) is 5.92 Å². The molecule has 1 aromatic rings. The number of hydrogen-bond acceptors (Lipinski definition) is 2. The normalized spacial score (nSPS) is 22.3. The molecule has 3 heteroatoms. The Kier molecular flexibility index (Phi) is 6.24. The van der Waals surface area contributed by atoms with Crippen molar-refractivity contribution in [3.05, 3.63) is 35.9 Å². The number of piperidine rings is 1. The van der Waals surface area contributed by atoms with Gasteiger partial charge in [0.1, 0.15) is 0 Å². The lowest BCUT2D eigenvalue weighted by Gasteiger charge is -2.39. The lowest BCUT2D eigenvalue weighted by atomic mass is 9.88. The molecule has 0 bridgehead atoms. The van der Waals surface area contributed by atoms with Crippen molar-refractivity contribution in [2.45, 2.75) is 51.5 Å². The van der Waals surface area contributed by atoms with E-state index in [4.69, 9.17) is 5.73 Å². The van der Waals surface area contributed by atoms with E-state index in [0.29, 0.717) is 13.0 Å². The van der Waals surface area contributed by atoms with Crippen molar-refractivity contribution in [1.29, 1.82) is 0 Å². The minimum Gasteiger partial charge on any atom is -0.338 e. The Bertz CT molecular complexity index is 432. The maximum atomic E-state index is 12.4. The van der Waals surface area contributed by atoms with Gasteiger partial charge in [-0.15, -0.1) is 0 Å². The molecule has 0 aromatic heterocycles. The molecule has 0 spiro atoms. The smallest absolute Gasteiger partial charge is 0.222 e. The molecule has 1 saturated heterocycles. The molecule has 1 aromatic carbocycles. The first-order chi connectivity index (χ1) is 10.2. The van der Waals surface area contributed by atoms with Crippen LogP contribution in [0.5, 0.6) is 0 Å². The first-order valence-corrected chi connectivity index (χ1v) is 8.28. The standard InChI is InChI=1S/C18H28N2O/c1-2-15-11-12-20(17(13-15)14-19)18(21)10-6-9-16-7-4-3-5-8-16/h3-5,7-8,15,17H,2,6,9-14,19H2,1H3. The third kappa shape index (κ3) is 4.57. The van der Waals surface area contributed by atoms with Crippen LogP contribution in [0.2, 0.25) is 0 Å². The van der Waals surface area contributed by atoms with E-state index in [1.165, 1.54) is 12.0 Å². The van der Waals surface area contributed by atoms with Gasteiger partial charge in [-0.2, -0.15) is 0 Å². The molecule has 0 saturated carbocycles. The van der Waals surface area contributed by atoms with Crippen molar-refractivity contribution < 1.29 is 4.79 Å². The predicted molar refractivity (Wildman–Crippen MR) is 87.0 cm³/mol. The molecule has 1 aliphatic heterocycles. The number of hydrogen-bond donors (Lipinski definition) is 1. The van der Waals surface area contributed by atoms with E-state index < -0.39 is 0 Å². The van der Waals surface area contributed by atoms with Gasteiger partial charge in [-0.25, -0.2) is 0 Å². The zero-order valence-corrected chi connectivity index (χ0v) is 13.1. The summed E-state index contributed by atoms with van der Waals surface area (Å²) in [6.45, 7) is 3.72. The monoisotopic (exact) mass is 288 g/mol. The van der Waals surface area contributed by atoms with Crippen molar-refractivity contribution in [1.82, 2.24) is 4.90 Å². The lowest BCUT2D eigenvalue weighted by molar-refractivity contribution is -0.135. The fourth-order valence-corrected chi connectivity index (χ4v) is 3.29. The highest BCUT2D eigenvalue weighted by molar-refractivity contribution is 5.76. The Balaban J connectivity index is 1.79. The summed E-state index contributed by atoms with van der Waals surface area (Å²) < 4.78 is 0. The first-order valence-electron chi connectivity index (χ1n) is 8.28. The fraction of sp³-hybridized carbons (Fsp3) is 0.611. The van der Waals surface area contributed by atoms with Crippen molar-refractivity contribution in [2.75, 3.05) is 13.1 Å². The summed E-state index contributed by atoms with van der Waals surface area (Å²) in [6.07, 6.45) is 5.96. The van der Waals surface area contributed by atoms with E-state index in [2.05, 4.69) is 31.2 Å². The average molecular weight is 288 g/mol. The van der Waals surface area contributed by atoms with Gasteiger partial charge >= 0.3 is 0 Å². The lowest BCUT2D eigenvalue weighted by Crippen LogP contribution is -2.49. The Morgan fingerprint density at radius 3 is 2.76 bits per heavy atom. The molecular formula is C18H28N2O. The topological polar surface area (TPSA) is 46.3 Å². The number of aryl methyl sites for hydroxylation is 1. The molecule has 1 aliphatic rings. The highest BCUT2D eigenvalue weighted by Gasteiger charge is 2.29. The second-order valence-electron chi connectivity index (χ2n) is 6.11. The number of benzene rings is 1. The first kappa shape index (κ1) is 16.0. The van der Waals surface area contributed by atoms with Gasteiger partial charge in [-0.1, -0.05) is 43.7 Å². The molecule has 3 nitrogen and oxygen atoms in total. The fourth-order valence-electron chi connectivity index (χ4n) is 3.29. The SMILES string of the molecule is CCC1CCN(C(=O)CCCc2ccccc2)C(CN)C1. The molecule has 1 amide bonds. The van der Waals surface area contributed by atoms with Crippen molar-refractivity contribution in [3.8, 4) is 0 Å². The van der Waals surface area contributed by atoms with Crippen molar-refractivity contribution >= 4 is 5.91 Å². The Morgan fingerprint density at radius 2 is 2.10 bits per heavy atom. The van der Waals surface area contributed by atoms with Crippen LogP contribution in [0.1, 0.15) is 44.6 Å². The summed E-state index contributed by atoms with van der Waals surface area (Å²) in [5.41, 5.74) is 7.18. The summed E-state index contributed by atoms with van der Waals surface area (Å²) in [6, 6.07) is 10.6. The van der Waals surface area contributed by atoms with Gasteiger partial charge in [0, 0.05) is 25.6 Å². The van der Waals surface area contributed by atoms with Crippen LogP contribution in [-0.4, -0.2) is 29.9 Å². The summed E-state index contributed by atoms with van der Waals surface area (Å²) in [4.78, 5) is 14.5. The van der Waals surface area contributed by atoms with Crippen molar-refractivity contribution in [2.24, 2.45) is 11.7 Å². The largest absolute Gasteiger partial charge is 0.338 e. The van der Waals surface area contributed by atoms with Crippen LogP contribution in [0.4, 0.5) is 0 Å². The average Bonchev–Trinajstić information content (AvgIpc) is 2.55. The Morgan fingerprint density at radius 1 is 1.33 bits per heavy atom. The molecule has 0 aliphatic carbocycles. The molecule has 2 rings (SSSR count). The van der Waals surface area contributed by atoms with E-state index in [1.807, 2.05) is 11.0 Å². The second-order valence-corrected chi connectivity index (χ2v) is 6.11. The number of amides is 1. The van der Waals surface area contributed by atoms with Crippen LogP contribution < -0.4 is 5.73 Å². The van der Waals surface area contributed by atoms with Gasteiger partial charge in [0.25, 0.3) is 0 Å². The minimum absolute atomic E-state index is 0.257. The summed E-state index contributed by atoms with van der Waals surface area (Å²) >= 11 is 0. The number of carbonyl (C=O) groups excluding carboxylic acids is 1. The molecule has 2 unspecified atom stereocenters. The number of nitrogens with zero attached hydrogens (tertiary/aromatic N) is 1. The zero-order valence-electron chi connectivity index (χ0n) is 13.1. The third-order valence-corrected chi connectivity index (χ3v) is 4.69. The quantitative estimate of drug-likeness (QED) is 0.874. The van der Waals surface area contributed by atoms with Crippen LogP contribution in [-0.2, 0) is 11.2 Å². The molecule has 21 heavy (non-hydrogen) atoms. The highest BCUT2D eigenvalue weighted by Crippen LogP contribution is 2.25. The van der Waals surface area contributed by atoms with Crippen LogP contribution in [0.15, 0.2) is 30.3 Å². The predicted octanol–water partition coefficient (Wildman–Crippen LogP) is 2.99. The number of rotatable bonds is 6. The molecule has 1 heterocycles. The van der Waals surface area contributed by atoms with E-state index in [-0.39, 0.29) is 11.9 Å². The highest BCUT2D eigenvalue weighted by atomic mass is 16.2.